The Labute approximate surface area is 131 Å². The monoisotopic (exact) mass is 329 g/mol. The summed E-state index contributed by atoms with van der Waals surface area (Å²) in [6, 6.07) is 3.94. The Morgan fingerprint density at radius 3 is 2.30 bits per heavy atom. The predicted molar refractivity (Wildman–Crippen MR) is 77.8 cm³/mol. The number of halogens is 3. The molecule has 1 heterocycles. The maximum atomic E-state index is 12.4. The summed E-state index contributed by atoms with van der Waals surface area (Å²) in [7, 11) is 0. The summed E-state index contributed by atoms with van der Waals surface area (Å²) >= 11 is 0. The summed E-state index contributed by atoms with van der Waals surface area (Å²) in [5, 5.41) is 8.38. The van der Waals surface area contributed by atoms with Gasteiger partial charge in [0.25, 0.3) is 5.91 Å². The van der Waals surface area contributed by atoms with Crippen molar-refractivity contribution >= 4 is 11.8 Å². The van der Waals surface area contributed by atoms with E-state index in [-0.39, 0.29) is 24.1 Å². The van der Waals surface area contributed by atoms with Gasteiger partial charge in [-0.1, -0.05) is 0 Å². The molecule has 1 aromatic carbocycles. The van der Waals surface area contributed by atoms with Crippen molar-refractivity contribution in [1.29, 1.82) is 0 Å². The van der Waals surface area contributed by atoms with Crippen LogP contribution in [0, 0.1) is 0 Å². The first kappa shape index (κ1) is 17.3. The van der Waals surface area contributed by atoms with E-state index in [1.807, 2.05) is 0 Å². The minimum atomic E-state index is -4.44. The van der Waals surface area contributed by atoms with Gasteiger partial charge in [0.05, 0.1) is 12.1 Å². The number of benzene rings is 1. The van der Waals surface area contributed by atoms with Crippen molar-refractivity contribution in [2.24, 2.45) is 0 Å². The van der Waals surface area contributed by atoms with Crippen molar-refractivity contribution in [3.8, 4) is 0 Å². The van der Waals surface area contributed by atoms with E-state index >= 15 is 0 Å². The van der Waals surface area contributed by atoms with Crippen LogP contribution in [-0.2, 0) is 11.0 Å². The van der Waals surface area contributed by atoms with Gasteiger partial charge in [-0.2, -0.15) is 13.2 Å². The molecule has 0 aliphatic carbocycles. The highest BCUT2D eigenvalue weighted by atomic mass is 19.4. The Kier molecular flexibility index (Phi) is 5.59. The average molecular weight is 329 g/mol. The van der Waals surface area contributed by atoms with E-state index in [0.29, 0.717) is 0 Å². The van der Waals surface area contributed by atoms with Crippen LogP contribution in [0.25, 0.3) is 0 Å². The molecule has 2 rings (SSSR count). The van der Waals surface area contributed by atoms with Crippen molar-refractivity contribution in [3.05, 3.63) is 35.4 Å². The van der Waals surface area contributed by atoms with Crippen LogP contribution in [0.5, 0.6) is 0 Å². The second kappa shape index (κ2) is 7.45. The molecule has 0 bridgehead atoms. The fourth-order valence-corrected chi connectivity index (χ4v) is 2.32. The van der Waals surface area contributed by atoms with Crippen molar-refractivity contribution in [2.45, 2.75) is 25.1 Å². The summed E-state index contributed by atoms with van der Waals surface area (Å²) in [4.78, 5) is 23.6. The molecule has 23 heavy (non-hydrogen) atoms. The number of hydrogen-bond donors (Lipinski definition) is 3. The van der Waals surface area contributed by atoms with Crippen LogP contribution in [0.1, 0.15) is 28.8 Å². The first-order chi connectivity index (χ1) is 10.9. The molecular formula is C15H18F3N3O2. The minimum absolute atomic E-state index is 0.0765. The van der Waals surface area contributed by atoms with Gasteiger partial charge in [-0.05, 0) is 50.2 Å². The SMILES string of the molecule is O=C(CNC(=O)c1ccc(C(F)(F)F)cc1)NC1CCNCC1. The molecule has 0 spiro atoms. The number of nitrogens with one attached hydrogen (secondary N) is 3. The fourth-order valence-electron chi connectivity index (χ4n) is 2.32. The first-order valence-electron chi connectivity index (χ1n) is 7.32. The Morgan fingerprint density at radius 2 is 1.74 bits per heavy atom. The maximum Gasteiger partial charge on any atom is 0.416 e. The van der Waals surface area contributed by atoms with E-state index in [0.717, 1.165) is 50.2 Å². The minimum Gasteiger partial charge on any atom is -0.352 e. The molecule has 1 aliphatic heterocycles. The molecule has 1 aromatic rings. The lowest BCUT2D eigenvalue weighted by Crippen LogP contribution is -2.46. The van der Waals surface area contributed by atoms with E-state index in [9.17, 15) is 22.8 Å². The smallest absolute Gasteiger partial charge is 0.352 e. The van der Waals surface area contributed by atoms with Gasteiger partial charge in [0.1, 0.15) is 0 Å². The molecule has 8 heteroatoms. The predicted octanol–water partition coefficient (Wildman–Crippen LogP) is 1.30. The fraction of sp³-hybridized carbons (Fsp3) is 0.467. The van der Waals surface area contributed by atoms with Gasteiger partial charge in [-0.15, -0.1) is 0 Å². The zero-order valence-electron chi connectivity index (χ0n) is 12.4. The van der Waals surface area contributed by atoms with Gasteiger partial charge in [0, 0.05) is 11.6 Å². The van der Waals surface area contributed by atoms with Gasteiger partial charge < -0.3 is 16.0 Å². The average Bonchev–Trinajstić information content (AvgIpc) is 2.53. The highest BCUT2D eigenvalue weighted by molar-refractivity contribution is 5.96. The lowest BCUT2D eigenvalue weighted by molar-refractivity contribution is -0.137. The third-order valence-electron chi connectivity index (χ3n) is 3.59. The van der Waals surface area contributed by atoms with Crippen molar-refractivity contribution in [2.75, 3.05) is 19.6 Å². The van der Waals surface area contributed by atoms with Gasteiger partial charge in [-0.25, -0.2) is 0 Å². The summed E-state index contributed by atoms with van der Waals surface area (Å²) in [5.74, 6) is -0.892. The van der Waals surface area contributed by atoms with E-state index in [1.54, 1.807) is 0 Å². The number of carbonyl (C=O) groups excluding carboxylic acids is 2. The van der Waals surface area contributed by atoms with Crippen LogP contribution < -0.4 is 16.0 Å². The second-order valence-corrected chi connectivity index (χ2v) is 5.35. The summed E-state index contributed by atoms with van der Waals surface area (Å²) in [6.45, 7) is 1.47. The number of amides is 2. The number of alkyl halides is 3. The van der Waals surface area contributed by atoms with Crippen LogP contribution in [0.4, 0.5) is 13.2 Å². The molecule has 1 aliphatic rings. The molecule has 0 atom stereocenters. The molecule has 126 valence electrons. The topological polar surface area (TPSA) is 70.2 Å². The molecule has 0 saturated carbocycles. The molecule has 2 amide bonds. The van der Waals surface area contributed by atoms with Crippen LogP contribution in [-0.4, -0.2) is 37.5 Å². The number of hydrogen-bond acceptors (Lipinski definition) is 3. The highest BCUT2D eigenvalue weighted by Crippen LogP contribution is 2.28. The quantitative estimate of drug-likeness (QED) is 0.780. The third-order valence-corrected chi connectivity index (χ3v) is 3.59. The van der Waals surface area contributed by atoms with E-state index in [1.165, 1.54) is 0 Å². The Hall–Kier alpha value is -2.09. The van der Waals surface area contributed by atoms with Crippen molar-refractivity contribution in [1.82, 2.24) is 16.0 Å². The molecule has 0 radical (unpaired) electrons. The van der Waals surface area contributed by atoms with E-state index in [4.69, 9.17) is 0 Å². The number of piperidine rings is 1. The Morgan fingerprint density at radius 1 is 1.13 bits per heavy atom. The lowest BCUT2D eigenvalue weighted by atomic mass is 10.1. The molecule has 3 N–H and O–H groups in total. The van der Waals surface area contributed by atoms with Gasteiger partial charge >= 0.3 is 6.18 Å². The largest absolute Gasteiger partial charge is 0.416 e. The normalized spacial score (nSPS) is 16.0. The number of carbonyl (C=O) groups is 2. The van der Waals surface area contributed by atoms with Gasteiger partial charge in [0.2, 0.25) is 5.91 Å². The summed E-state index contributed by atoms with van der Waals surface area (Å²) in [5.41, 5.74) is -0.745. The second-order valence-electron chi connectivity index (χ2n) is 5.35. The maximum absolute atomic E-state index is 12.4. The van der Waals surface area contributed by atoms with Crippen LogP contribution in [0.15, 0.2) is 24.3 Å². The van der Waals surface area contributed by atoms with E-state index < -0.39 is 17.6 Å². The molecule has 1 saturated heterocycles. The van der Waals surface area contributed by atoms with Gasteiger partial charge in [0.15, 0.2) is 0 Å². The molecule has 0 unspecified atom stereocenters. The molecular weight excluding hydrogens is 311 g/mol. The van der Waals surface area contributed by atoms with Crippen molar-refractivity contribution in [3.63, 3.8) is 0 Å². The summed E-state index contributed by atoms with van der Waals surface area (Å²) in [6.07, 6.45) is -2.78. The van der Waals surface area contributed by atoms with Gasteiger partial charge in [-0.3, -0.25) is 9.59 Å². The van der Waals surface area contributed by atoms with Crippen LogP contribution >= 0.6 is 0 Å². The third kappa shape index (κ3) is 5.24. The molecule has 1 fully saturated rings. The van der Waals surface area contributed by atoms with E-state index in [2.05, 4.69) is 16.0 Å². The first-order valence-corrected chi connectivity index (χ1v) is 7.32. The van der Waals surface area contributed by atoms with Crippen LogP contribution in [0.2, 0.25) is 0 Å². The summed E-state index contributed by atoms with van der Waals surface area (Å²) < 4.78 is 37.3. The Bertz CT molecular complexity index is 552. The standard InChI is InChI=1S/C15H18F3N3O2/c16-15(17,18)11-3-1-10(2-4-11)14(23)20-9-13(22)21-12-5-7-19-8-6-12/h1-4,12,19H,5-9H2,(H,20,23)(H,21,22). The Balaban J connectivity index is 1.81. The molecule has 0 aromatic heterocycles. The molecule has 5 nitrogen and oxygen atoms in total. The number of rotatable bonds is 4. The lowest BCUT2D eigenvalue weighted by Gasteiger charge is -2.23. The zero-order chi connectivity index (χ0) is 16.9. The zero-order valence-corrected chi connectivity index (χ0v) is 12.4. The highest BCUT2D eigenvalue weighted by Gasteiger charge is 2.30. The van der Waals surface area contributed by atoms with Crippen LogP contribution in [0.3, 0.4) is 0 Å². The van der Waals surface area contributed by atoms with Crippen molar-refractivity contribution < 1.29 is 22.8 Å².